The maximum absolute atomic E-state index is 12.5. The second-order valence-corrected chi connectivity index (χ2v) is 7.11. The molecule has 0 aromatic heterocycles. The Morgan fingerprint density at radius 2 is 1.92 bits per heavy atom. The highest BCUT2D eigenvalue weighted by atomic mass is 16.2. The Balaban J connectivity index is 1.67. The summed E-state index contributed by atoms with van der Waals surface area (Å²) < 4.78 is 0. The molecule has 2 aliphatic heterocycles. The molecule has 0 unspecified atom stereocenters. The van der Waals surface area contributed by atoms with Crippen LogP contribution < -0.4 is 10.6 Å². The van der Waals surface area contributed by atoms with E-state index in [9.17, 15) is 14.4 Å². The van der Waals surface area contributed by atoms with E-state index in [2.05, 4.69) is 10.6 Å². The van der Waals surface area contributed by atoms with E-state index in [1.54, 1.807) is 11.8 Å². The Kier molecular flexibility index (Phi) is 4.07. The summed E-state index contributed by atoms with van der Waals surface area (Å²) in [6, 6.07) is 5.51. The summed E-state index contributed by atoms with van der Waals surface area (Å²) in [6.45, 7) is 6.56. The number of likely N-dealkylation sites (tertiary alicyclic amines) is 1. The zero-order valence-corrected chi connectivity index (χ0v) is 14.3. The summed E-state index contributed by atoms with van der Waals surface area (Å²) >= 11 is 0. The molecule has 2 N–H and O–H groups in total. The molecule has 0 atom stereocenters. The highest BCUT2D eigenvalue weighted by Gasteiger charge is 2.38. The van der Waals surface area contributed by atoms with E-state index >= 15 is 0 Å². The van der Waals surface area contributed by atoms with Gasteiger partial charge in [-0.15, -0.1) is 0 Å². The van der Waals surface area contributed by atoms with Gasteiger partial charge >= 0.3 is 0 Å². The summed E-state index contributed by atoms with van der Waals surface area (Å²) in [4.78, 5) is 37.6. The van der Waals surface area contributed by atoms with Crippen LogP contribution in [0.1, 0.15) is 39.2 Å². The van der Waals surface area contributed by atoms with Crippen LogP contribution in [0.5, 0.6) is 0 Å². The van der Waals surface area contributed by atoms with Crippen LogP contribution in [0, 0.1) is 5.92 Å². The van der Waals surface area contributed by atoms with E-state index in [-0.39, 0.29) is 23.6 Å². The summed E-state index contributed by atoms with van der Waals surface area (Å²) in [5.74, 6) is -0.0701. The number of benzene rings is 1. The van der Waals surface area contributed by atoms with Crippen LogP contribution in [0.3, 0.4) is 0 Å². The Labute approximate surface area is 141 Å². The van der Waals surface area contributed by atoms with Crippen molar-refractivity contribution in [2.24, 2.45) is 5.92 Å². The first-order valence-electron chi connectivity index (χ1n) is 8.31. The average Bonchev–Trinajstić information content (AvgIpc) is 2.77. The van der Waals surface area contributed by atoms with E-state index < -0.39 is 5.41 Å². The van der Waals surface area contributed by atoms with Crippen LogP contribution >= 0.6 is 0 Å². The maximum atomic E-state index is 12.5. The standard InChI is InChI=1S/C18H23N3O3/c1-11(22)21-8-6-12(7-9-21)16(23)19-13-4-5-15-14(10-13)18(2,3)17(24)20-15/h4-5,10,12H,6-9H2,1-3H3,(H,19,23)(H,20,24). The monoisotopic (exact) mass is 329 g/mol. The molecular formula is C18H23N3O3. The van der Waals surface area contributed by atoms with Crippen molar-refractivity contribution >= 4 is 29.1 Å². The lowest BCUT2D eigenvalue weighted by Crippen LogP contribution is -2.40. The van der Waals surface area contributed by atoms with Gasteiger partial charge in [0.15, 0.2) is 0 Å². The fourth-order valence-corrected chi connectivity index (χ4v) is 3.35. The number of carbonyl (C=O) groups is 3. The Bertz CT molecular complexity index is 703. The lowest BCUT2D eigenvalue weighted by atomic mass is 9.86. The smallest absolute Gasteiger partial charge is 0.234 e. The fourth-order valence-electron chi connectivity index (χ4n) is 3.35. The third-order valence-electron chi connectivity index (χ3n) is 5.09. The molecule has 3 rings (SSSR count). The Morgan fingerprint density at radius 1 is 1.25 bits per heavy atom. The molecule has 0 bridgehead atoms. The SMILES string of the molecule is CC(=O)N1CCC(C(=O)Nc2ccc3c(c2)C(C)(C)C(=O)N3)CC1. The van der Waals surface area contributed by atoms with Gasteiger partial charge < -0.3 is 15.5 Å². The summed E-state index contributed by atoms with van der Waals surface area (Å²) in [5, 5.41) is 5.81. The highest BCUT2D eigenvalue weighted by Crippen LogP contribution is 2.38. The zero-order valence-electron chi connectivity index (χ0n) is 14.3. The van der Waals surface area contributed by atoms with Crippen LogP contribution in [0.15, 0.2) is 18.2 Å². The molecule has 1 fully saturated rings. The summed E-state index contributed by atoms with van der Waals surface area (Å²) in [6.07, 6.45) is 1.36. The zero-order chi connectivity index (χ0) is 17.5. The molecule has 0 spiro atoms. The predicted octanol–water partition coefficient (Wildman–Crippen LogP) is 2.11. The number of nitrogens with zero attached hydrogens (tertiary/aromatic N) is 1. The number of fused-ring (bicyclic) bond motifs is 1. The topological polar surface area (TPSA) is 78.5 Å². The number of piperidine rings is 1. The fraction of sp³-hybridized carbons (Fsp3) is 0.500. The lowest BCUT2D eigenvalue weighted by Gasteiger charge is -2.30. The highest BCUT2D eigenvalue weighted by molar-refractivity contribution is 6.06. The van der Waals surface area contributed by atoms with Crippen molar-refractivity contribution in [1.82, 2.24) is 4.90 Å². The van der Waals surface area contributed by atoms with E-state index in [1.807, 2.05) is 32.0 Å². The van der Waals surface area contributed by atoms with Crippen molar-refractivity contribution in [3.63, 3.8) is 0 Å². The third kappa shape index (κ3) is 2.88. The maximum Gasteiger partial charge on any atom is 0.234 e. The molecular weight excluding hydrogens is 306 g/mol. The number of hydrogen-bond donors (Lipinski definition) is 2. The Morgan fingerprint density at radius 3 is 2.54 bits per heavy atom. The van der Waals surface area contributed by atoms with Gasteiger partial charge in [-0.3, -0.25) is 14.4 Å². The van der Waals surface area contributed by atoms with Crippen LogP contribution in [-0.2, 0) is 19.8 Å². The predicted molar refractivity (Wildman–Crippen MR) is 91.7 cm³/mol. The van der Waals surface area contributed by atoms with Crippen molar-refractivity contribution in [3.8, 4) is 0 Å². The molecule has 1 aromatic carbocycles. The molecule has 6 nitrogen and oxygen atoms in total. The van der Waals surface area contributed by atoms with Gasteiger partial charge in [-0.2, -0.15) is 0 Å². The normalized spacial score (nSPS) is 19.6. The van der Waals surface area contributed by atoms with Crippen molar-refractivity contribution in [2.45, 2.75) is 39.0 Å². The lowest BCUT2D eigenvalue weighted by molar-refractivity contribution is -0.132. The minimum atomic E-state index is -0.594. The minimum absolute atomic E-state index is 0.0201. The molecule has 6 heteroatoms. The molecule has 0 aliphatic carbocycles. The van der Waals surface area contributed by atoms with E-state index in [0.29, 0.717) is 31.6 Å². The molecule has 0 radical (unpaired) electrons. The van der Waals surface area contributed by atoms with Crippen molar-refractivity contribution < 1.29 is 14.4 Å². The van der Waals surface area contributed by atoms with Crippen molar-refractivity contribution in [2.75, 3.05) is 23.7 Å². The van der Waals surface area contributed by atoms with Crippen molar-refractivity contribution in [1.29, 1.82) is 0 Å². The minimum Gasteiger partial charge on any atom is -0.343 e. The Hall–Kier alpha value is -2.37. The molecule has 2 aliphatic rings. The van der Waals surface area contributed by atoms with Gasteiger partial charge in [-0.05, 0) is 50.5 Å². The first kappa shape index (κ1) is 16.5. The largest absolute Gasteiger partial charge is 0.343 e. The summed E-state index contributed by atoms with van der Waals surface area (Å²) in [7, 11) is 0. The van der Waals surface area contributed by atoms with E-state index in [4.69, 9.17) is 0 Å². The molecule has 2 heterocycles. The van der Waals surface area contributed by atoms with E-state index in [1.165, 1.54) is 0 Å². The van der Waals surface area contributed by atoms with Gasteiger partial charge in [0, 0.05) is 37.3 Å². The number of amides is 3. The van der Waals surface area contributed by atoms with Gasteiger partial charge in [0.1, 0.15) is 0 Å². The van der Waals surface area contributed by atoms with Crippen LogP contribution in [-0.4, -0.2) is 35.7 Å². The van der Waals surface area contributed by atoms with E-state index in [0.717, 1.165) is 11.3 Å². The van der Waals surface area contributed by atoms with Crippen LogP contribution in [0.25, 0.3) is 0 Å². The van der Waals surface area contributed by atoms with Crippen molar-refractivity contribution in [3.05, 3.63) is 23.8 Å². The molecule has 0 saturated carbocycles. The van der Waals surface area contributed by atoms with Crippen LogP contribution in [0.2, 0.25) is 0 Å². The van der Waals surface area contributed by atoms with Crippen LogP contribution in [0.4, 0.5) is 11.4 Å². The first-order valence-corrected chi connectivity index (χ1v) is 8.31. The molecule has 1 saturated heterocycles. The molecule has 128 valence electrons. The summed E-state index contributed by atoms with van der Waals surface area (Å²) in [5.41, 5.74) is 1.81. The second kappa shape index (κ2) is 5.92. The van der Waals surface area contributed by atoms with Gasteiger partial charge in [0.2, 0.25) is 17.7 Å². The second-order valence-electron chi connectivity index (χ2n) is 7.11. The van der Waals surface area contributed by atoms with Gasteiger partial charge in [0.05, 0.1) is 5.41 Å². The number of carbonyl (C=O) groups excluding carboxylic acids is 3. The molecule has 3 amide bonds. The average molecular weight is 329 g/mol. The number of nitrogens with one attached hydrogen (secondary N) is 2. The third-order valence-corrected chi connectivity index (χ3v) is 5.09. The number of rotatable bonds is 2. The quantitative estimate of drug-likeness (QED) is 0.872. The first-order chi connectivity index (χ1) is 11.3. The van der Waals surface area contributed by atoms with Gasteiger partial charge in [-0.25, -0.2) is 0 Å². The van der Waals surface area contributed by atoms with Gasteiger partial charge in [-0.1, -0.05) is 0 Å². The number of anilines is 2. The van der Waals surface area contributed by atoms with Gasteiger partial charge in [0.25, 0.3) is 0 Å². The molecule has 24 heavy (non-hydrogen) atoms. The molecule has 1 aromatic rings. The number of hydrogen-bond acceptors (Lipinski definition) is 3.